The van der Waals surface area contributed by atoms with Crippen LogP contribution in [0.3, 0.4) is 0 Å². The van der Waals surface area contributed by atoms with Crippen molar-refractivity contribution in [3.63, 3.8) is 0 Å². The quantitative estimate of drug-likeness (QED) is 0.621. The van der Waals surface area contributed by atoms with Crippen LogP contribution in [0.1, 0.15) is 25.7 Å². The van der Waals surface area contributed by atoms with Crippen molar-refractivity contribution in [3.05, 3.63) is 0 Å². The van der Waals surface area contributed by atoms with Crippen LogP contribution in [0.25, 0.3) is 0 Å². The molecule has 68 valence electrons. The molecule has 0 atom stereocenters. The minimum atomic E-state index is 0.709. The highest BCUT2D eigenvalue weighted by molar-refractivity contribution is 5.00. The van der Waals surface area contributed by atoms with Crippen molar-refractivity contribution < 1.29 is 0 Å². The van der Waals surface area contributed by atoms with E-state index in [1.807, 2.05) is 0 Å². The molecular formula is C10H18N2. The lowest BCUT2D eigenvalue weighted by molar-refractivity contribution is 0.0373. The maximum absolute atomic E-state index is 3.42. The summed E-state index contributed by atoms with van der Waals surface area (Å²) >= 11 is 0. The predicted molar refractivity (Wildman–Crippen MR) is 49.1 cm³/mol. The summed E-state index contributed by atoms with van der Waals surface area (Å²) in [5.74, 6) is 0. The van der Waals surface area contributed by atoms with Gasteiger partial charge in [-0.15, -0.1) is 0 Å². The molecule has 2 heterocycles. The monoisotopic (exact) mass is 166 g/mol. The predicted octanol–water partition coefficient (Wildman–Crippen LogP) is 0.834. The highest BCUT2D eigenvalue weighted by Gasteiger charge is 2.43. The summed E-state index contributed by atoms with van der Waals surface area (Å²) in [6.07, 6.45) is 5.87. The molecule has 1 saturated carbocycles. The zero-order valence-corrected chi connectivity index (χ0v) is 7.68. The molecule has 2 aliphatic heterocycles. The number of rotatable bonds is 1. The Bertz CT molecular complexity index is 182. The summed E-state index contributed by atoms with van der Waals surface area (Å²) < 4.78 is 0. The van der Waals surface area contributed by atoms with Gasteiger partial charge in [0.15, 0.2) is 0 Å². The second-order valence-electron chi connectivity index (χ2n) is 4.91. The Hall–Kier alpha value is -0.0800. The van der Waals surface area contributed by atoms with Gasteiger partial charge in [-0.2, -0.15) is 0 Å². The maximum Gasteiger partial charge on any atom is 0.00966 e. The van der Waals surface area contributed by atoms with Crippen molar-refractivity contribution in [1.29, 1.82) is 0 Å². The molecule has 0 aromatic heterocycles. The fourth-order valence-electron chi connectivity index (χ4n) is 2.76. The third-order valence-electron chi connectivity index (χ3n) is 3.75. The van der Waals surface area contributed by atoms with E-state index in [0.29, 0.717) is 5.41 Å². The fourth-order valence-corrected chi connectivity index (χ4v) is 2.76. The summed E-state index contributed by atoms with van der Waals surface area (Å²) in [6, 6.07) is 0.989. The van der Waals surface area contributed by atoms with Crippen LogP contribution in [0.15, 0.2) is 0 Å². The second kappa shape index (κ2) is 2.46. The standard InChI is InChI=1S/C10H18N2/c1-4-10(6-11-7-10)8-12(5-1)9-2-3-9/h9,11H,1-8H2. The van der Waals surface area contributed by atoms with Crippen LogP contribution >= 0.6 is 0 Å². The van der Waals surface area contributed by atoms with Crippen LogP contribution in [0.4, 0.5) is 0 Å². The molecule has 2 nitrogen and oxygen atoms in total. The number of nitrogens with zero attached hydrogens (tertiary/aromatic N) is 1. The molecule has 1 aliphatic carbocycles. The maximum atomic E-state index is 3.42. The Labute approximate surface area is 74.3 Å². The molecule has 0 aromatic carbocycles. The highest BCUT2D eigenvalue weighted by atomic mass is 15.2. The van der Waals surface area contributed by atoms with Crippen LogP contribution in [-0.4, -0.2) is 37.1 Å². The molecule has 1 N–H and O–H groups in total. The van der Waals surface area contributed by atoms with E-state index in [0.717, 1.165) is 6.04 Å². The van der Waals surface area contributed by atoms with Gasteiger partial charge >= 0.3 is 0 Å². The van der Waals surface area contributed by atoms with Gasteiger partial charge in [0.25, 0.3) is 0 Å². The van der Waals surface area contributed by atoms with Crippen molar-refractivity contribution in [2.75, 3.05) is 26.2 Å². The van der Waals surface area contributed by atoms with Gasteiger partial charge in [0, 0.05) is 31.1 Å². The summed E-state index contributed by atoms with van der Waals surface area (Å²) in [4.78, 5) is 2.74. The van der Waals surface area contributed by atoms with E-state index < -0.39 is 0 Å². The molecule has 3 aliphatic rings. The Balaban J connectivity index is 1.66. The Morgan fingerprint density at radius 3 is 2.67 bits per heavy atom. The number of hydrogen-bond donors (Lipinski definition) is 1. The van der Waals surface area contributed by atoms with E-state index in [1.54, 1.807) is 0 Å². The van der Waals surface area contributed by atoms with Crippen molar-refractivity contribution in [1.82, 2.24) is 10.2 Å². The summed E-state index contributed by atoms with van der Waals surface area (Å²) in [5, 5.41) is 3.42. The first-order valence-corrected chi connectivity index (χ1v) is 5.33. The van der Waals surface area contributed by atoms with E-state index in [2.05, 4.69) is 10.2 Å². The molecule has 3 fully saturated rings. The van der Waals surface area contributed by atoms with Gasteiger partial charge in [0.1, 0.15) is 0 Å². The Morgan fingerprint density at radius 2 is 2.08 bits per heavy atom. The van der Waals surface area contributed by atoms with Crippen LogP contribution in [0, 0.1) is 5.41 Å². The van der Waals surface area contributed by atoms with E-state index in [1.165, 1.54) is 51.9 Å². The topological polar surface area (TPSA) is 15.3 Å². The van der Waals surface area contributed by atoms with Crippen LogP contribution < -0.4 is 5.32 Å². The smallest absolute Gasteiger partial charge is 0.00966 e. The van der Waals surface area contributed by atoms with Gasteiger partial charge in [-0.05, 0) is 32.2 Å². The lowest BCUT2D eigenvalue weighted by Gasteiger charge is -2.49. The van der Waals surface area contributed by atoms with Gasteiger partial charge in [-0.25, -0.2) is 0 Å². The molecule has 2 saturated heterocycles. The number of nitrogens with one attached hydrogen (secondary N) is 1. The minimum Gasteiger partial charge on any atom is -0.315 e. The van der Waals surface area contributed by atoms with E-state index in [9.17, 15) is 0 Å². The second-order valence-corrected chi connectivity index (χ2v) is 4.91. The van der Waals surface area contributed by atoms with Crippen LogP contribution in [0.2, 0.25) is 0 Å². The fraction of sp³-hybridized carbons (Fsp3) is 1.00. The molecule has 0 bridgehead atoms. The molecule has 1 spiro atoms. The highest BCUT2D eigenvalue weighted by Crippen LogP contribution is 2.38. The summed E-state index contributed by atoms with van der Waals surface area (Å²) in [5.41, 5.74) is 0.709. The first kappa shape index (κ1) is 7.34. The van der Waals surface area contributed by atoms with E-state index in [-0.39, 0.29) is 0 Å². The summed E-state index contributed by atoms with van der Waals surface area (Å²) in [7, 11) is 0. The average molecular weight is 166 g/mol. The molecule has 0 amide bonds. The zero-order valence-electron chi connectivity index (χ0n) is 7.68. The van der Waals surface area contributed by atoms with Crippen molar-refractivity contribution in [2.24, 2.45) is 5.41 Å². The largest absolute Gasteiger partial charge is 0.315 e. The zero-order chi connectivity index (χ0) is 8.02. The molecule has 0 aromatic rings. The number of piperidine rings is 1. The average Bonchev–Trinajstić information content (AvgIpc) is 2.84. The Kier molecular flexibility index (Phi) is 1.50. The number of hydrogen-bond acceptors (Lipinski definition) is 2. The molecule has 0 unspecified atom stereocenters. The first-order valence-electron chi connectivity index (χ1n) is 5.33. The SMILES string of the molecule is C1CN(C2CC2)CC2(C1)CNC2. The van der Waals surface area contributed by atoms with E-state index in [4.69, 9.17) is 0 Å². The normalized spacial score (nSPS) is 35.0. The first-order chi connectivity index (χ1) is 5.88. The molecule has 3 rings (SSSR count). The van der Waals surface area contributed by atoms with Gasteiger partial charge < -0.3 is 5.32 Å². The van der Waals surface area contributed by atoms with Crippen LogP contribution in [-0.2, 0) is 0 Å². The Morgan fingerprint density at radius 1 is 1.25 bits per heavy atom. The minimum absolute atomic E-state index is 0.709. The summed E-state index contributed by atoms with van der Waals surface area (Å²) in [6.45, 7) is 5.35. The van der Waals surface area contributed by atoms with Crippen molar-refractivity contribution in [3.8, 4) is 0 Å². The van der Waals surface area contributed by atoms with Crippen molar-refractivity contribution in [2.45, 2.75) is 31.7 Å². The molecular weight excluding hydrogens is 148 g/mol. The molecule has 12 heavy (non-hydrogen) atoms. The van der Waals surface area contributed by atoms with Gasteiger partial charge in [-0.1, -0.05) is 0 Å². The van der Waals surface area contributed by atoms with Crippen LogP contribution in [0.5, 0.6) is 0 Å². The number of likely N-dealkylation sites (tertiary alicyclic amines) is 1. The van der Waals surface area contributed by atoms with E-state index >= 15 is 0 Å². The molecule has 2 heteroatoms. The van der Waals surface area contributed by atoms with Gasteiger partial charge in [0.05, 0.1) is 0 Å². The van der Waals surface area contributed by atoms with Crippen molar-refractivity contribution >= 4 is 0 Å². The lowest BCUT2D eigenvalue weighted by Crippen LogP contribution is -2.61. The van der Waals surface area contributed by atoms with Gasteiger partial charge in [0.2, 0.25) is 0 Å². The molecule has 0 radical (unpaired) electrons. The third-order valence-corrected chi connectivity index (χ3v) is 3.75. The lowest BCUT2D eigenvalue weighted by atomic mass is 9.75. The van der Waals surface area contributed by atoms with Gasteiger partial charge in [-0.3, -0.25) is 4.90 Å². The third kappa shape index (κ3) is 1.09.